The summed E-state index contributed by atoms with van der Waals surface area (Å²) in [7, 11) is 0. The second-order valence-electron chi connectivity index (χ2n) is 7.58. The minimum absolute atomic E-state index is 0.118. The first-order chi connectivity index (χ1) is 16.5. The average Bonchev–Trinajstić information content (AvgIpc) is 3.30. The Balaban J connectivity index is 1.35. The van der Waals surface area contributed by atoms with E-state index in [0.717, 1.165) is 22.5 Å². The lowest BCUT2D eigenvalue weighted by Gasteiger charge is -2.19. The molecule has 0 radical (unpaired) electrons. The van der Waals surface area contributed by atoms with Crippen LogP contribution in [0.1, 0.15) is 24.3 Å². The third-order valence-corrected chi connectivity index (χ3v) is 5.28. The fraction of sp³-hybridized carbons (Fsp3) is 0.0800. The number of fused-ring (bicyclic) bond motifs is 1. The SMILES string of the molecule is CC(=O)N1N=C(c2ccc3ccccc3c2)O[C@H]1c1ccc(Oc2ccc([N+](=O)[O-])cn2)cc1. The van der Waals surface area contributed by atoms with E-state index in [1.165, 1.54) is 24.1 Å². The summed E-state index contributed by atoms with van der Waals surface area (Å²) in [5.74, 6) is 0.813. The summed E-state index contributed by atoms with van der Waals surface area (Å²) in [5, 5.41) is 18.6. The smallest absolute Gasteiger partial charge is 0.287 e. The molecule has 5 rings (SSSR count). The molecule has 9 heteroatoms. The highest BCUT2D eigenvalue weighted by atomic mass is 16.6. The molecule has 1 atom stereocenters. The topological polar surface area (TPSA) is 107 Å². The molecule has 1 aliphatic heterocycles. The van der Waals surface area contributed by atoms with Gasteiger partial charge >= 0.3 is 0 Å². The van der Waals surface area contributed by atoms with Crippen LogP contribution in [-0.4, -0.2) is 26.7 Å². The Labute approximate surface area is 194 Å². The molecule has 34 heavy (non-hydrogen) atoms. The summed E-state index contributed by atoms with van der Waals surface area (Å²) in [5.41, 5.74) is 1.36. The fourth-order valence-corrected chi connectivity index (χ4v) is 3.58. The van der Waals surface area contributed by atoms with Gasteiger partial charge in [-0.05, 0) is 47.2 Å². The van der Waals surface area contributed by atoms with Crippen LogP contribution in [0.4, 0.5) is 5.69 Å². The van der Waals surface area contributed by atoms with Crippen molar-refractivity contribution in [3.05, 3.63) is 106 Å². The van der Waals surface area contributed by atoms with Crippen molar-refractivity contribution < 1.29 is 19.2 Å². The normalized spacial score (nSPS) is 15.0. The van der Waals surface area contributed by atoms with Crippen molar-refractivity contribution in [1.82, 2.24) is 9.99 Å². The molecule has 0 fully saturated rings. The Morgan fingerprint density at radius 3 is 2.47 bits per heavy atom. The first kappa shape index (κ1) is 21.1. The fourth-order valence-electron chi connectivity index (χ4n) is 3.58. The van der Waals surface area contributed by atoms with Crippen LogP contribution >= 0.6 is 0 Å². The zero-order valence-corrected chi connectivity index (χ0v) is 18.0. The van der Waals surface area contributed by atoms with Gasteiger partial charge in [-0.15, -0.1) is 5.10 Å². The molecule has 4 aromatic rings. The molecule has 0 bridgehead atoms. The number of hydrogen-bond donors (Lipinski definition) is 0. The van der Waals surface area contributed by atoms with Gasteiger partial charge in [0.1, 0.15) is 11.9 Å². The lowest BCUT2D eigenvalue weighted by atomic mass is 10.1. The van der Waals surface area contributed by atoms with E-state index in [1.807, 2.05) is 42.5 Å². The molecule has 0 saturated heterocycles. The van der Waals surface area contributed by atoms with Crippen LogP contribution < -0.4 is 4.74 Å². The van der Waals surface area contributed by atoms with Crippen LogP contribution in [0.25, 0.3) is 10.8 Å². The van der Waals surface area contributed by atoms with E-state index in [4.69, 9.17) is 9.47 Å². The lowest BCUT2D eigenvalue weighted by molar-refractivity contribution is -0.385. The van der Waals surface area contributed by atoms with Crippen molar-refractivity contribution >= 4 is 28.3 Å². The van der Waals surface area contributed by atoms with Gasteiger partial charge in [0.15, 0.2) is 0 Å². The van der Waals surface area contributed by atoms with E-state index in [1.54, 1.807) is 24.3 Å². The third kappa shape index (κ3) is 4.14. The molecule has 0 N–H and O–H groups in total. The minimum Gasteiger partial charge on any atom is -0.446 e. The molecule has 1 aromatic heterocycles. The number of nitro groups is 1. The lowest BCUT2D eigenvalue weighted by Crippen LogP contribution is -2.25. The zero-order chi connectivity index (χ0) is 23.7. The number of pyridine rings is 1. The number of rotatable bonds is 5. The molecular formula is C25H18N4O5. The molecule has 0 aliphatic carbocycles. The molecule has 0 saturated carbocycles. The quantitative estimate of drug-likeness (QED) is 0.304. The number of aromatic nitrogens is 1. The summed E-state index contributed by atoms with van der Waals surface area (Å²) < 4.78 is 11.7. The largest absolute Gasteiger partial charge is 0.446 e. The number of amides is 1. The summed E-state index contributed by atoms with van der Waals surface area (Å²) in [6.07, 6.45) is 0.414. The van der Waals surface area contributed by atoms with Crippen LogP contribution in [0.2, 0.25) is 0 Å². The third-order valence-electron chi connectivity index (χ3n) is 5.28. The molecule has 9 nitrogen and oxygen atoms in total. The summed E-state index contributed by atoms with van der Waals surface area (Å²) >= 11 is 0. The van der Waals surface area contributed by atoms with Crippen LogP contribution in [0, 0.1) is 10.1 Å². The molecule has 2 heterocycles. The maximum Gasteiger partial charge on any atom is 0.287 e. The Bertz CT molecular complexity index is 1420. The van der Waals surface area contributed by atoms with Crippen molar-refractivity contribution in [3.8, 4) is 11.6 Å². The number of hydrazone groups is 1. The van der Waals surface area contributed by atoms with Crippen LogP contribution in [0.5, 0.6) is 11.6 Å². The van der Waals surface area contributed by atoms with Gasteiger partial charge in [0.25, 0.3) is 5.69 Å². The Kier molecular flexibility index (Phi) is 5.35. The van der Waals surface area contributed by atoms with E-state index in [9.17, 15) is 14.9 Å². The van der Waals surface area contributed by atoms with Gasteiger partial charge in [-0.2, -0.15) is 5.01 Å². The van der Waals surface area contributed by atoms with Gasteiger partial charge in [0.2, 0.25) is 23.9 Å². The van der Waals surface area contributed by atoms with Crippen LogP contribution in [0.3, 0.4) is 0 Å². The predicted octanol–water partition coefficient (Wildman–Crippen LogP) is 5.17. The van der Waals surface area contributed by atoms with E-state index >= 15 is 0 Å². The molecule has 3 aromatic carbocycles. The second kappa shape index (κ2) is 8.62. The Hall–Kier alpha value is -4.79. The summed E-state index contributed by atoms with van der Waals surface area (Å²) in [6.45, 7) is 1.43. The zero-order valence-electron chi connectivity index (χ0n) is 18.0. The number of nitrogens with zero attached hydrogens (tertiary/aromatic N) is 4. The van der Waals surface area contributed by atoms with Crippen molar-refractivity contribution in [2.75, 3.05) is 0 Å². The molecule has 1 aliphatic rings. The van der Waals surface area contributed by atoms with Gasteiger partial charge in [-0.25, -0.2) is 4.98 Å². The first-order valence-corrected chi connectivity index (χ1v) is 10.4. The number of ether oxygens (including phenoxy) is 2. The van der Waals surface area contributed by atoms with Gasteiger partial charge in [-0.3, -0.25) is 14.9 Å². The van der Waals surface area contributed by atoms with Crippen molar-refractivity contribution in [2.24, 2.45) is 5.10 Å². The van der Waals surface area contributed by atoms with Gasteiger partial charge < -0.3 is 9.47 Å². The van der Waals surface area contributed by atoms with E-state index in [2.05, 4.69) is 10.1 Å². The molecule has 1 amide bonds. The number of benzene rings is 3. The standard InChI is InChI=1S/C25H18N4O5/c1-16(30)28-25(34-24(27-28)20-7-6-17-4-2-3-5-19(17)14-20)18-8-11-22(12-9-18)33-23-13-10-21(15-26-23)29(31)32/h2-15,25H,1H3/t25-/m0/s1. The highest BCUT2D eigenvalue weighted by Crippen LogP contribution is 2.32. The van der Waals surface area contributed by atoms with Crippen LogP contribution in [-0.2, 0) is 9.53 Å². The van der Waals surface area contributed by atoms with Crippen molar-refractivity contribution in [3.63, 3.8) is 0 Å². The van der Waals surface area contributed by atoms with Gasteiger partial charge in [0, 0.05) is 30.2 Å². The molecular weight excluding hydrogens is 436 g/mol. The number of carbonyl (C=O) groups is 1. The summed E-state index contributed by atoms with van der Waals surface area (Å²) in [6, 6.07) is 23.5. The number of carbonyl (C=O) groups excluding carboxylic acids is 1. The second-order valence-corrected chi connectivity index (χ2v) is 7.58. The first-order valence-electron chi connectivity index (χ1n) is 10.4. The maximum atomic E-state index is 12.3. The monoisotopic (exact) mass is 454 g/mol. The average molecular weight is 454 g/mol. The minimum atomic E-state index is -0.717. The molecule has 0 unspecified atom stereocenters. The van der Waals surface area contributed by atoms with Crippen molar-refractivity contribution in [1.29, 1.82) is 0 Å². The Morgan fingerprint density at radius 2 is 1.79 bits per heavy atom. The molecule has 168 valence electrons. The maximum absolute atomic E-state index is 12.3. The van der Waals surface area contributed by atoms with Crippen molar-refractivity contribution in [2.45, 2.75) is 13.2 Å². The van der Waals surface area contributed by atoms with Gasteiger partial charge in [0.05, 0.1) is 4.92 Å². The summed E-state index contributed by atoms with van der Waals surface area (Å²) in [4.78, 5) is 26.4. The highest BCUT2D eigenvalue weighted by molar-refractivity contribution is 6.00. The van der Waals surface area contributed by atoms with E-state index < -0.39 is 11.2 Å². The van der Waals surface area contributed by atoms with Gasteiger partial charge in [-0.1, -0.05) is 30.3 Å². The van der Waals surface area contributed by atoms with E-state index in [-0.39, 0.29) is 17.5 Å². The van der Waals surface area contributed by atoms with E-state index in [0.29, 0.717) is 17.2 Å². The highest BCUT2D eigenvalue weighted by Gasteiger charge is 2.33. The molecule has 0 spiro atoms. The predicted molar refractivity (Wildman–Crippen MR) is 124 cm³/mol. The number of hydrogen-bond acceptors (Lipinski definition) is 7. The van der Waals surface area contributed by atoms with Crippen LogP contribution in [0.15, 0.2) is 90.2 Å². The Morgan fingerprint density at radius 1 is 1.03 bits per heavy atom.